The number of benzene rings is 3. The Labute approximate surface area is 227 Å². The molecule has 0 unspecified atom stereocenters. The molecule has 0 aromatic heterocycles. The van der Waals surface area contributed by atoms with E-state index in [1.165, 1.54) is 0 Å². The molecule has 3 rings (SSSR count). The van der Waals surface area contributed by atoms with Gasteiger partial charge in [-0.3, -0.25) is 9.59 Å². The predicted molar refractivity (Wildman–Crippen MR) is 151 cm³/mol. The number of nitrogens with one attached hydrogen (secondary N) is 1. The van der Waals surface area contributed by atoms with Gasteiger partial charge in [-0.05, 0) is 55.5 Å². The summed E-state index contributed by atoms with van der Waals surface area (Å²) in [4.78, 5) is 29.2. The lowest BCUT2D eigenvalue weighted by atomic mass is 10.0. The van der Waals surface area contributed by atoms with Crippen LogP contribution in [0.5, 0.6) is 11.5 Å². The lowest BCUT2D eigenvalue weighted by Crippen LogP contribution is -2.52. The first kappa shape index (κ1) is 28.8. The van der Waals surface area contributed by atoms with Gasteiger partial charge in [0.25, 0.3) is 0 Å². The molecule has 0 heterocycles. The highest BCUT2D eigenvalue weighted by Crippen LogP contribution is 2.28. The monoisotopic (exact) mass is 516 g/mol. The maximum atomic E-state index is 13.8. The molecule has 6 nitrogen and oxygen atoms in total. The molecular weight excluding hydrogens is 476 g/mol. The van der Waals surface area contributed by atoms with E-state index >= 15 is 0 Å². The second kappa shape index (κ2) is 14.2. The fourth-order valence-corrected chi connectivity index (χ4v) is 4.32. The van der Waals surface area contributed by atoms with Crippen LogP contribution in [-0.4, -0.2) is 43.0 Å². The summed E-state index contributed by atoms with van der Waals surface area (Å²) in [6, 6.07) is 23.1. The van der Waals surface area contributed by atoms with Crippen molar-refractivity contribution >= 4 is 11.8 Å². The van der Waals surface area contributed by atoms with Crippen LogP contribution in [0.1, 0.15) is 48.9 Å². The first-order valence-corrected chi connectivity index (χ1v) is 13.2. The first-order valence-electron chi connectivity index (χ1n) is 13.2. The van der Waals surface area contributed by atoms with Crippen LogP contribution < -0.4 is 14.8 Å². The SMILES string of the molecule is CC[C@H](C)NC(=O)[C@H](Cc1ccccc1)N(Cc1ccc(C)cc1)C(=O)CCc1ccc(OC)c(OC)c1. The second-order valence-electron chi connectivity index (χ2n) is 9.72. The summed E-state index contributed by atoms with van der Waals surface area (Å²) in [5.41, 5.74) is 4.12. The van der Waals surface area contributed by atoms with Gasteiger partial charge in [0.1, 0.15) is 6.04 Å². The molecule has 202 valence electrons. The van der Waals surface area contributed by atoms with Gasteiger partial charge in [-0.2, -0.15) is 0 Å². The molecule has 0 saturated heterocycles. The molecule has 2 atom stereocenters. The standard InChI is InChI=1S/C32H40N2O4/c1-6-24(3)33-32(36)28(20-25-10-8-7-9-11-25)34(22-27-14-12-23(2)13-15-27)31(35)19-17-26-16-18-29(37-4)30(21-26)38-5/h7-16,18,21,24,28H,6,17,19-20,22H2,1-5H3,(H,33,36)/t24-,28-/m0/s1. The molecule has 1 N–H and O–H groups in total. The lowest BCUT2D eigenvalue weighted by molar-refractivity contribution is -0.141. The molecule has 38 heavy (non-hydrogen) atoms. The van der Waals surface area contributed by atoms with Crippen LogP contribution >= 0.6 is 0 Å². The molecule has 0 fully saturated rings. The third-order valence-corrected chi connectivity index (χ3v) is 6.82. The first-order chi connectivity index (χ1) is 18.3. The summed E-state index contributed by atoms with van der Waals surface area (Å²) in [6.07, 6.45) is 2.05. The highest BCUT2D eigenvalue weighted by molar-refractivity contribution is 5.88. The number of carbonyl (C=O) groups is 2. The number of aryl methyl sites for hydroxylation is 2. The minimum atomic E-state index is -0.634. The van der Waals surface area contributed by atoms with E-state index in [1.807, 2.05) is 93.6 Å². The van der Waals surface area contributed by atoms with E-state index in [0.29, 0.717) is 30.9 Å². The average molecular weight is 517 g/mol. The number of carbonyl (C=O) groups excluding carboxylic acids is 2. The van der Waals surface area contributed by atoms with E-state index in [1.54, 1.807) is 19.1 Å². The van der Waals surface area contributed by atoms with Crippen molar-refractivity contribution in [2.75, 3.05) is 14.2 Å². The highest BCUT2D eigenvalue weighted by atomic mass is 16.5. The average Bonchev–Trinajstić information content (AvgIpc) is 2.94. The number of ether oxygens (including phenoxy) is 2. The summed E-state index contributed by atoms with van der Waals surface area (Å²) < 4.78 is 10.8. The molecule has 0 radical (unpaired) electrons. The third kappa shape index (κ3) is 8.10. The number of rotatable bonds is 13. The van der Waals surface area contributed by atoms with Crippen molar-refractivity contribution in [1.82, 2.24) is 10.2 Å². The molecular formula is C32H40N2O4. The van der Waals surface area contributed by atoms with Gasteiger partial charge in [0.2, 0.25) is 11.8 Å². The predicted octanol–water partition coefficient (Wildman–Crippen LogP) is 5.50. The summed E-state index contributed by atoms with van der Waals surface area (Å²) in [7, 11) is 3.20. The topological polar surface area (TPSA) is 67.9 Å². The zero-order valence-corrected chi connectivity index (χ0v) is 23.2. The largest absolute Gasteiger partial charge is 0.493 e. The number of hydrogen-bond donors (Lipinski definition) is 1. The molecule has 0 aliphatic carbocycles. The number of hydrogen-bond acceptors (Lipinski definition) is 4. The van der Waals surface area contributed by atoms with Gasteiger partial charge < -0.3 is 19.7 Å². The molecule has 0 aliphatic heterocycles. The molecule has 3 aromatic rings. The second-order valence-corrected chi connectivity index (χ2v) is 9.72. The molecule has 0 saturated carbocycles. The molecule has 0 aliphatic rings. The summed E-state index contributed by atoms with van der Waals surface area (Å²) >= 11 is 0. The van der Waals surface area contributed by atoms with E-state index < -0.39 is 6.04 Å². The van der Waals surface area contributed by atoms with Crippen molar-refractivity contribution in [3.63, 3.8) is 0 Å². The van der Waals surface area contributed by atoms with E-state index in [4.69, 9.17) is 9.47 Å². The van der Waals surface area contributed by atoms with Crippen molar-refractivity contribution in [2.24, 2.45) is 0 Å². The number of methoxy groups -OCH3 is 2. The summed E-state index contributed by atoms with van der Waals surface area (Å²) in [5, 5.41) is 3.12. The van der Waals surface area contributed by atoms with E-state index in [-0.39, 0.29) is 24.3 Å². The van der Waals surface area contributed by atoms with Crippen LogP contribution in [0.15, 0.2) is 72.8 Å². The van der Waals surface area contributed by atoms with Gasteiger partial charge in [-0.1, -0.05) is 73.2 Å². The fourth-order valence-electron chi connectivity index (χ4n) is 4.32. The molecule has 0 spiro atoms. The zero-order chi connectivity index (χ0) is 27.5. The maximum absolute atomic E-state index is 13.8. The Bertz CT molecular complexity index is 1180. The summed E-state index contributed by atoms with van der Waals surface area (Å²) in [6.45, 7) is 6.42. The normalized spacial score (nSPS) is 12.3. The van der Waals surface area contributed by atoms with Crippen LogP contribution in [0.4, 0.5) is 0 Å². The maximum Gasteiger partial charge on any atom is 0.243 e. The molecule has 3 aromatic carbocycles. The van der Waals surface area contributed by atoms with E-state index in [9.17, 15) is 9.59 Å². The van der Waals surface area contributed by atoms with E-state index in [0.717, 1.165) is 28.7 Å². The number of amides is 2. The van der Waals surface area contributed by atoms with Gasteiger partial charge in [0.05, 0.1) is 14.2 Å². The molecule has 6 heteroatoms. The van der Waals surface area contributed by atoms with Crippen LogP contribution in [-0.2, 0) is 29.0 Å². The van der Waals surface area contributed by atoms with Gasteiger partial charge in [0.15, 0.2) is 11.5 Å². The van der Waals surface area contributed by atoms with Crippen LogP contribution in [0, 0.1) is 6.92 Å². The van der Waals surface area contributed by atoms with E-state index in [2.05, 4.69) is 5.32 Å². The van der Waals surface area contributed by atoms with Crippen molar-refractivity contribution in [3.8, 4) is 11.5 Å². The van der Waals surface area contributed by atoms with Crippen molar-refractivity contribution in [2.45, 2.75) is 65.1 Å². The molecule has 0 bridgehead atoms. The van der Waals surface area contributed by atoms with Gasteiger partial charge >= 0.3 is 0 Å². The van der Waals surface area contributed by atoms with Crippen LogP contribution in [0.25, 0.3) is 0 Å². The van der Waals surface area contributed by atoms with Crippen LogP contribution in [0.3, 0.4) is 0 Å². The third-order valence-electron chi connectivity index (χ3n) is 6.82. The Morgan fingerprint density at radius 2 is 1.53 bits per heavy atom. The Morgan fingerprint density at radius 1 is 0.868 bits per heavy atom. The highest BCUT2D eigenvalue weighted by Gasteiger charge is 2.30. The lowest BCUT2D eigenvalue weighted by Gasteiger charge is -2.32. The van der Waals surface area contributed by atoms with Gasteiger partial charge in [0, 0.05) is 25.4 Å². The van der Waals surface area contributed by atoms with Gasteiger partial charge in [-0.25, -0.2) is 0 Å². The molecule has 2 amide bonds. The Morgan fingerprint density at radius 3 is 2.16 bits per heavy atom. The summed E-state index contributed by atoms with van der Waals surface area (Å²) in [5.74, 6) is 1.08. The Balaban J connectivity index is 1.90. The van der Waals surface area contributed by atoms with Gasteiger partial charge in [-0.15, -0.1) is 0 Å². The van der Waals surface area contributed by atoms with Crippen molar-refractivity contribution < 1.29 is 19.1 Å². The quantitative estimate of drug-likeness (QED) is 0.326. The number of nitrogens with zero attached hydrogens (tertiary/aromatic N) is 1. The minimum absolute atomic E-state index is 0.0175. The Hall–Kier alpha value is -3.80. The Kier molecular flexibility index (Phi) is 10.8. The smallest absolute Gasteiger partial charge is 0.243 e. The van der Waals surface area contributed by atoms with Crippen LogP contribution in [0.2, 0.25) is 0 Å². The minimum Gasteiger partial charge on any atom is -0.493 e. The fraction of sp³-hybridized carbons (Fsp3) is 0.375. The van der Waals surface area contributed by atoms with Crippen molar-refractivity contribution in [3.05, 3.63) is 95.1 Å². The zero-order valence-electron chi connectivity index (χ0n) is 23.2. The van der Waals surface area contributed by atoms with Crippen molar-refractivity contribution in [1.29, 1.82) is 0 Å².